The van der Waals surface area contributed by atoms with Crippen LogP contribution >= 0.6 is 11.3 Å². The molecule has 0 fully saturated rings. The highest BCUT2D eigenvalue weighted by Crippen LogP contribution is 2.44. The lowest BCUT2D eigenvalue weighted by Gasteiger charge is -2.19. The normalized spacial score (nSPS) is 16.2. The fourth-order valence-electron chi connectivity index (χ4n) is 4.02. The van der Waals surface area contributed by atoms with Crippen molar-refractivity contribution >= 4 is 27.5 Å². The summed E-state index contributed by atoms with van der Waals surface area (Å²) in [6.07, 6.45) is 3.31. The number of benzene rings is 1. The molecule has 1 aliphatic carbocycles. The van der Waals surface area contributed by atoms with E-state index in [1.807, 2.05) is 25.1 Å². The van der Waals surface area contributed by atoms with E-state index in [1.165, 1.54) is 16.9 Å². The van der Waals surface area contributed by atoms with E-state index in [-0.39, 0.29) is 12.6 Å². The molecule has 3 aromatic rings. The van der Waals surface area contributed by atoms with Gasteiger partial charge in [0.1, 0.15) is 11.4 Å². The summed E-state index contributed by atoms with van der Waals surface area (Å²) in [5.74, 6) is 0.368. The third-order valence-corrected chi connectivity index (χ3v) is 6.56. The second kappa shape index (κ2) is 8.02. The molecule has 4 nitrogen and oxygen atoms in total. The van der Waals surface area contributed by atoms with Gasteiger partial charge in [-0.2, -0.15) is 0 Å². The molecule has 146 valence electrons. The lowest BCUT2D eigenvalue weighted by molar-refractivity contribution is 0.0388. The quantitative estimate of drug-likeness (QED) is 0.440. The standard InChI is InChI=1S/C23H25NO3S/c1-14-9-10-17-18(13-14)28-22-21(17)20(16-7-5-4-6-8-16)19(15(2)24-22)23(25)27-12-11-26-3/h4-8,14H,9-13H2,1-3H3. The Balaban J connectivity index is 1.95. The Morgan fingerprint density at radius 1 is 1.25 bits per heavy atom. The van der Waals surface area contributed by atoms with Crippen molar-refractivity contribution in [2.45, 2.75) is 33.1 Å². The predicted molar refractivity (Wildman–Crippen MR) is 113 cm³/mol. The van der Waals surface area contributed by atoms with Gasteiger partial charge in [0.2, 0.25) is 0 Å². The number of thiophene rings is 1. The van der Waals surface area contributed by atoms with E-state index in [2.05, 4.69) is 19.1 Å². The number of rotatable bonds is 5. The average molecular weight is 396 g/mol. The van der Waals surface area contributed by atoms with Gasteiger partial charge in [-0.25, -0.2) is 9.78 Å². The Morgan fingerprint density at radius 3 is 2.79 bits per heavy atom. The summed E-state index contributed by atoms with van der Waals surface area (Å²) >= 11 is 1.79. The van der Waals surface area contributed by atoms with Gasteiger partial charge in [-0.15, -0.1) is 11.3 Å². The molecule has 0 N–H and O–H groups in total. The van der Waals surface area contributed by atoms with Crippen molar-refractivity contribution in [1.29, 1.82) is 0 Å². The highest BCUT2D eigenvalue weighted by molar-refractivity contribution is 7.19. The number of nitrogens with zero attached hydrogens (tertiary/aromatic N) is 1. The SMILES string of the molecule is COCCOC(=O)c1c(C)nc2sc3c(c2c1-c1ccccc1)CCC(C)C3. The van der Waals surface area contributed by atoms with Crippen LogP contribution in [-0.4, -0.2) is 31.3 Å². The molecule has 2 heterocycles. The molecule has 5 heteroatoms. The zero-order valence-corrected chi connectivity index (χ0v) is 17.4. The topological polar surface area (TPSA) is 48.4 Å². The number of hydrogen-bond donors (Lipinski definition) is 0. The molecule has 1 aromatic carbocycles. The molecule has 1 aliphatic rings. The highest BCUT2D eigenvalue weighted by atomic mass is 32.1. The second-order valence-electron chi connectivity index (χ2n) is 7.47. The minimum absolute atomic E-state index is 0.236. The van der Waals surface area contributed by atoms with Gasteiger partial charge in [0.05, 0.1) is 17.9 Å². The van der Waals surface area contributed by atoms with Crippen LogP contribution in [0.15, 0.2) is 30.3 Å². The van der Waals surface area contributed by atoms with Gasteiger partial charge in [-0.05, 0) is 43.2 Å². The molecule has 28 heavy (non-hydrogen) atoms. The van der Waals surface area contributed by atoms with E-state index in [0.717, 1.165) is 39.9 Å². The van der Waals surface area contributed by atoms with Crippen LogP contribution in [0.25, 0.3) is 21.3 Å². The summed E-state index contributed by atoms with van der Waals surface area (Å²) in [6, 6.07) is 10.1. The van der Waals surface area contributed by atoms with Crippen molar-refractivity contribution in [2.75, 3.05) is 20.3 Å². The van der Waals surface area contributed by atoms with Gasteiger partial charge >= 0.3 is 5.97 Å². The number of aryl methyl sites for hydroxylation is 2. The van der Waals surface area contributed by atoms with E-state index < -0.39 is 0 Å². The molecular weight excluding hydrogens is 370 g/mol. The Morgan fingerprint density at radius 2 is 2.04 bits per heavy atom. The maximum Gasteiger partial charge on any atom is 0.340 e. The van der Waals surface area contributed by atoms with Crippen LogP contribution in [0.3, 0.4) is 0 Å². The highest BCUT2D eigenvalue weighted by Gasteiger charge is 2.28. The molecule has 0 saturated heterocycles. The fourth-order valence-corrected chi connectivity index (χ4v) is 5.46. The number of pyridine rings is 1. The molecule has 0 amide bonds. The molecule has 0 bridgehead atoms. The third-order valence-electron chi connectivity index (χ3n) is 5.41. The lowest BCUT2D eigenvalue weighted by Crippen LogP contribution is -2.14. The van der Waals surface area contributed by atoms with Gasteiger partial charge in [-0.3, -0.25) is 0 Å². The summed E-state index contributed by atoms with van der Waals surface area (Å²) in [6.45, 7) is 4.83. The summed E-state index contributed by atoms with van der Waals surface area (Å²) in [4.78, 5) is 20.3. The minimum Gasteiger partial charge on any atom is -0.460 e. The lowest BCUT2D eigenvalue weighted by atomic mass is 9.86. The van der Waals surface area contributed by atoms with Crippen LogP contribution in [0.5, 0.6) is 0 Å². The largest absolute Gasteiger partial charge is 0.460 e. The maximum absolute atomic E-state index is 13.0. The Bertz CT molecular complexity index is 1010. The predicted octanol–water partition coefficient (Wildman–Crippen LogP) is 5.20. The van der Waals surface area contributed by atoms with E-state index in [0.29, 0.717) is 18.1 Å². The van der Waals surface area contributed by atoms with E-state index in [9.17, 15) is 4.79 Å². The maximum atomic E-state index is 13.0. The van der Waals surface area contributed by atoms with Crippen LogP contribution in [0.1, 0.15) is 39.8 Å². The Kier molecular flexibility index (Phi) is 5.47. The van der Waals surface area contributed by atoms with Gasteiger partial charge < -0.3 is 9.47 Å². The molecule has 4 rings (SSSR count). The molecule has 1 unspecified atom stereocenters. The molecular formula is C23H25NO3S. The number of hydrogen-bond acceptors (Lipinski definition) is 5. The van der Waals surface area contributed by atoms with Crippen LogP contribution in [-0.2, 0) is 22.3 Å². The molecule has 2 aromatic heterocycles. The number of ether oxygens (including phenoxy) is 2. The number of carbonyl (C=O) groups excluding carboxylic acids is 1. The van der Waals surface area contributed by atoms with Gasteiger partial charge in [0.25, 0.3) is 0 Å². The third kappa shape index (κ3) is 3.45. The molecule has 0 saturated carbocycles. The smallest absolute Gasteiger partial charge is 0.340 e. The van der Waals surface area contributed by atoms with Crippen molar-refractivity contribution in [2.24, 2.45) is 5.92 Å². The van der Waals surface area contributed by atoms with E-state index in [4.69, 9.17) is 14.5 Å². The first kappa shape index (κ1) is 19.1. The van der Waals surface area contributed by atoms with Gasteiger partial charge in [0.15, 0.2) is 0 Å². The minimum atomic E-state index is -0.327. The van der Waals surface area contributed by atoms with E-state index in [1.54, 1.807) is 18.4 Å². The van der Waals surface area contributed by atoms with Gasteiger partial charge in [-0.1, -0.05) is 37.3 Å². The first-order chi connectivity index (χ1) is 13.6. The van der Waals surface area contributed by atoms with Crippen LogP contribution in [0, 0.1) is 12.8 Å². The number of fused-ring (bicyclic) bond motifs is 3. The number of esters is 1. The Hall–Kier alpha value is -2.24. The molecule has 1 atom stereocenters. The Labute approximate surface area is 169 Å². The molecule has 0 spiro atoms. The van der Waals surface area contributed by atoms with Crippen molar-refractivity contribution in [3.05, 3.63) is 52.0 Å². The second-order valence-corrected chi connectivity index (χ2v) is 8.56. The summed E-state index contributed by atoms with van der Waals surface area (Å²) in [7, 11) is 1.60. The summed E-state index contributed by atoms with van der Waals surface area (Å²) in [5, 5.41) is 1.14. The zero-order valence-electron chi connectivity index (χ0n) is 16.6. The molecule has 0 aliphatic heterocycles. The first-order valence-corrected chi connectivity index (χ1v) is 10.6. The van der Waals surface area contributed by atoms with Crippen LogP contribution < -0.4 is 0 Å². The number of carbonyl (C=O) groups is 1. The van der Waals surface area contributed by atoms with Crippen molar-refractivity contribution in [1.82, 2.24) is 4.98 Å². The monoisotopic (exact) mass is 395 g/mol. The fraction of sp³-hybridized carbons (Fsp3) is 0.391. The average Bonchev–Trinajstić information content (AvgIpc) is 3.04. The van der Waals surface area contributed by atoms with Gasteiger partial charge in [0, 0.05) is 22.9 Å². The zero-order chi connectivity index (χ0) is 19.7. The van der Waals surface area contributed by atoms with Crippen molar-refractivity contribution < 1.29 is 14.3 Å². The summed E-state index contributed by atoms with van der Waals surface area (Å²) < 4.78 is 10.5. The van der Waals surface area contributed by atoms with Crippen molar-refractivity contribution in [3.63, 3.8) is 0 Å². The van der Waals surface area contributed by atoms with Crippen molar-refractivity contribution in [3.8, 4) is 11.1 Å². The van der Waals surface area contributed by atoms with E-state index >= 15 is 0 Å². The molecule has 0 radical (unpaired) electrons. The number of methoxy groups -OCH3 is 1. The van der Waals surface area contributed by atoms with Crippen LogP contribution in [0.2, 0.25) is 0 Å². The first-order valence-electron chi connectivity index (χ1n) is 9.76. The van der Waals surface area contributed by atoms with Crippen LogP contribution in [0.4, 0.5) is 0 Å². The number of aromatic nitrogens is 1. The summed E-state index contributed by atoms with van der Waals surface area (Å²) in [5.41, 5.74) is 4.68.